The first-order valence-corrected chi connectivity index (χ1v) is 15.6. The van der Waals surface area contributed by atoms with Crippen molar-refractivity contribution in [2.45, 2.75) is 162 Å². The number of allylic oxidation sites excluding steroid dienone is 2. The number of fused-ring (bicyclic) bond motifs is 1. The number of unbranched alkanes of at least 4 members (excludes halogenated alkanes) is 18. The quantitative estimate of drug-likeness (QED) is 0.0972. The van der Waals surface area contributed by atoms with Crippen LogP contribution in [0, 0.1) is 0 Å². The van der Waals surface area contributed by atoms with Crippen LogP contribution < -0.4 is 0 Å². The van der Waals surface area contributed by atoms with Gasteiger partial charge in [-0.15, -0.1) is 0 Å². The molecule has 36 heavy (non-hydrogen) atoms. The van der Waals surface area contributed by atoms with Crippen molar-refractivity contribution in [1.29, 1.82) is 0 Å². The third kappa shape index (κ3) is 9.97. The minimum Gasteiger partial charge on any atom is -0.342 e. The summed E-state index contributed by atoms with van der Waals surface area (Å²) >= 11 is 0. The van der Waals surface area contributed by atoms with E-state index in [0.29, 0.717) is 18.8 Å². The van der Waals surface area contributed by atoms with Gasteiger partial charge in [-0.3, -0.25) is 9.69 Å². The van der Waals surface area contributed by atoms with Crippen LogP contribution in [0.1, 0.15) is 156 Å². The highest BCUT2D eigenvalue weighted by Gasteiger charge is 2.53. The summed E-state index contributed by atoms with van der Waals surface area (Å²) in [7, 11) is 0. The van der Waals surface area contributed by atoms with E-state index in [4.69, 9.17) is 9.47 Å². The van der Waals surface area contributed by atoms with Crippen molar-refractivity contribution in [2.75, 3.05) is 13.2 Å². The van der Waals surface area contributed by atoms with E-state index in [1.165, 1.54) is 116 Å². The van der Waals surface area contributed by atoms with Gasteiger partial charge in [0.25, 0.3) is 5.91 Å². The van der Waals surface area contributed by atoms with Crippen LogP contribution in [0.2, 0.25) is 0 Å². The molecule has 0 saturated carbocycles. The van der Waals surface area contributed by atoms with Gasteiger partial charge in [0.15, 0.2) is 0 Å². The van der Waals surface area contributed by atoms with Gasteiger partial charge in [-0.1, -0.05) is 129 Å². The largest absolute Gasteiger partial charge is 0.342 e. The van der Waals surface area contributed by atoms with Crippen molar-refractivity contribution in [2.24, 2.45) is 0 Å². The fourth-order valence-corrected chi connectivity index (χ4v) is 5.61. The Morgan fingerprint density at radius 2 is 0.972 bits per heavy atom. The van der Waals surface area contributed by atoms with E-state index >= 15 is 0 Å². The molecule has 0 aromatic rings. The van der Waals surface area contributed by atoms with Crippen molar-refractivity contribution in [1.82, 2.24) is 4.90 Å². The first-order chi connectivity index (χ1) is 17.6. The highest BCUT2D eigenvalue weighted by atomic mass is 16.7. The Morgan fingerprint density at radius 3 is 1.31 bits per heavy atom. The van der Waals surface area contributed by atoms with E-state index in [0.717, 1.165) is 24.2 Å². The molecule has 0 unspecified atom stereocenters. The number of rotatable bonds is 24. The van der Waals surface area contributed by atoms with Gasteiger partial charge in [0.05, 0.1) is 13.2 Å². The fourth-order valence-electron chi connectivity index (χ4n) is 5.61. The van der Waals surface area contributed by atoms with Gasteiger partial charge in [-0.05, 0) is 32.8 Å². The third-order valence-corrected chi connectivity index (χ3v) is 7.84. The molecule has 0 aromatic carbocycles. The van der Waals surface area contributed by atoms with E-state index in [1.54, 1.807) is 4.90 Å². The Morgan fingerprint density at radius 1 is 0.611 bits per heavy atom. The number of ether oxygens (including phenoxy) is 2. The monoisotopic (exact) mass is 503 g/mol. The van der Waals surface area contributed by atoms with Crippen LogP contribution in [0.15, 0.2) is 23.0 Å². The molecule has 3 aliphatic heterocycles. The molecule has 0 saturated heterocycles. The van der Waals surface area contributed by atoms with Crippen LogP contribution in [0.3, 0.4) is 0 Å². The highest BCUT2D eigenvalue weighted by molar-refractivity contribution is 6.06. The summed E-state index contributed by atoms with van der Waals surface area (Å²) in [5.74, 6) is -0.919. The van der Waals surface area contributed by atoms with E-state index in [9.17, 15) is 4.79 Å². The van der Waals surface area contributed by atoms with Gasteiger partial charge in [-0.25, -0.2) is 0 Å². The predicted molar refractivity (Wildman–Crippen MR) is 152 cm³/mol. The summed E-state index contributed by atoms with van der Waals surface area (Å²) in [4.78, 5) is 14.5. The number of hydrogen-bond donors (Lipinski definition) is 0. The maximum Gasteiger partial charge on any atom is 0.265 e. The van der Waals surface area contributed by atoms with Gasteiger partial charge in [-0.2, -0.15) is 0 Å². The molecule has 0 atom stereocenters. The lowest BCUT2D eigenvalue weighted by Crippen LogP contribution is -2.56. The van der Waals surface area contributed by atoms with Crippen molar-refractivity contribution in [3.8, 4) is 0 Å². The molecule has 208 valence electrons. The third-order valence-electron chi connectivity index (χ3n) is 7.84. The molecule has 4 nitrogen and oxygen atoms in total. The molecule has 0 N–H and O–H groups in total. The standard InChI is InChI=1S/C32H57NO3/c1-5-7-9-11-13-15-17-19-21-23-25-35-32(27-28(3)33-29(4)30(32)31(33)34)36-26-24-22-20-18-16-14-12-10-8-6-2/h27H,5-26H2,1-4H3. The molecular formula is C32H57NO3. The van der Waals surface area contributed by atoms with E-state index in [2.05, 4.69) is 13.8 Å². The summed E-state index contributed by atoms with van der Waals surface area (Å²) in [6.07, 6.45) is 28.1. The van der Waals surface area contributed by atoms with Gasteiger partial charge in [0.1, 0.15) is 5.57 Å². The Balaban J connectivity index is 1.66. The lowest BCUT2D eigenvalue weighted by molar-refractivity contribution is -0.194. The molecular weight excluding hydrogens is 446 g/mol. The SMILES string of the molecule is CCCCCCCCCCCCOC1(OCCCCCCCCCCCC)C=C(C)N2C(=O)C1=C2C. The van der Waals surface area contributed by atoms with Crippen LogP contribution in [0.25, 0.3) is 0 Å². The molecule has 0 fully saturated rings. The Hall–Kier alpha value is -1.13. The molecule has 3 aliphatic rings. The topological polar surface area (TPSA) is 38.8 Å². The van der Waals surface area contributed by atoms with Crippen LogP contribution in [0.4, 0.5) is 0 Å². The molecule has 4 heteroatoms. The van der Waals surface area contributed by atoms with Crippen molar-refractivity contribution in [3.63, 3.8) is 0 Å². The number of carbonyl (C=O) groups is 1. The maximum absolute atomic E-state index is 12.8. The molecule has 0 aliphatic carbocycles. The first-order valence-electron chi connectivity index (χ1n) is 15.6. The van der Waals surface area contributed by atoms with Gasteiger partial charge < -0.3 is 9.47 Å². The van der Waals surface area contributed by atoms with E-state index in [-0.39, 0.29) is 5.91 Å². The Kier molecular flexibility index (Phi) is 15.7. The second kappa shape index (κ2) is 18.2. The zero-order valence-electron chi connectivity index (χ0n) is 24.3. The average Bonchev–Trinajstić information content (AvgIpc) is 2.85. The van der Waals surface area contributed by atoms with Crippen LogP contribution >= 0.6 is 0 Å². The second-order valence-corrected chi connectivity index (χ2v) is 11.1. The fraction of sp³-hybridized carbons (Fsp3) is 0.844. The van der Waals surface area contributed by atoms with Crippen LogP contribution in [-0.4, -0.2) is 29.8 Å². The van der Waals surface area contributed by atoms with Crippen molar-refractivity contribution < 1.29 is 14.3 Å². The van der Waals surface area contributed by atoms with E-state index < -0.39 is 5.79 Å². The lowest BCUT2D eigenvalue weighted by Gasteiger charge is -2.48. The predicted octanol–water partition coefficient (Wildman–Crippen LogP) is 9.59. The number of carbonyl (C=O) groups excluding carboxylic acids is 1. The summed E-state index contributed by atoms with van der Waals surface area (Å²) < 4.78 is 12.8. The minimum atomic E-state index is -0.974. The summed E-state index contributed by atoms with van der Waals surface area (Å²) in [5.41, 5.74) is 2.64. The number of nitrogens with zero attached hydrogens (tertiary/aromatic N) is 1. The zero-order valence-corrected chi connectivity index (χ0v) is 24.3. The zero-order chi connectivity index (χ0) is 26.1. The minimum absolute atomic E-state index is 0.0543. The number of hydrogen-bond acceptors (Lipinski definition) is 3. The van der Waals surface area contributed by atoms with Gasteiger partial charge >= 0.3 is 0 Å². The maximum atomic E-state index is 12.8. The van der Waals surface area contributed by atoms with Gasteiger partial charge in [0.2, 0.25) is 5.79 Å². The number of amides is 1. The Labute approximate surface area is 223 Å². The summed E-state index contributed by atoms with van der Waals surface area (Å²) in [6.45, 7) is 9.82. The molecule has 2 bridgehead atoms. The van der Waals surface area contributed by atoms with Gasteiger partial charge in [0, 0.05) is 11.4 Å². The summed E-state index contributed by atoms with van der Waals surface area (Å²) in [6, 6.07) is 0. The lowest BCUT2D eigenvalue weighted by atomic mass is 9.88. The molecule has 0 aromatic heterocycles. The van der Waals surface area contributed by atoms with Crippen LogP contribution in [0.5, 0.6) is 0 Å². The summed E-state index contributed by atoms with van der Waals surface area (Å²) in [5, 5.41) is 0. The van der Waals surface area contributed by atoms with Crippen LogP contribution in [-0.2, 0) is 14.3 Å². The molecule has 0 radical (unpaired) electrons. The highest BCUT2D eigenvalue weighted by Crippen LogP contribution is 2.45. The molecule has 0 spiro atoms. The smallest absolute Gasteiger partial charge is 0.265 e. The average molecular weight is 504 g/mol. The Bertz CT molecular complexity index is 655. The molecule has 1 amide bonds. The normalized spacial score (nSPS) is 16.5. The first kappa shape index (κ1) is 31.1. The van der Waals surface area contributed by atoms with E-state index in [1.807, 2.05) is 19.9 Å². The molecule has 3 rings (SSSR count). The second-order valence-electron chi connectivity index (χ2n) is 11.1. The van der Waals surface area contributed by atoms with Crippen molar-refractivity contribution >= 4 is 5.91 Å². The van der Waals surface area contributed by atoms with Crippen molar-refractivity contribution in [3.05, 3.63) is 23.0 Å². The molecule has 3 heterocycles.